The van der Waals surface area contributed by atoms with Gasteiger partial charge in [-0.1, -0.05) is 27.2 Å². The first kappa shape index (κ1) is 30.3. The number of aliphatic hydroxyl groups excluding tert-OH is 1. The Balaban J connectivity index is 1.60. The Morgan fingerprint density at radius 1 is 0.611 bits per heavy atom. The van der Waals surface area contributed by atoms with Gasteiger partial charge in [0.05, 0.1) is 36.6 Å². The highest BCUT2D eigenvalue weighted by molar-refractivity contribution is 4.86. The van der Waals surface area contributed by atoms with E-state index in [1.807, 2.05) is 41.5 Å². The van der Waals surface area contributed by atoms with Crippen LogP contribution in [0, 0.1) is 5.41 Å². The molecule has 0 aliphatic carbocycles. The van der Waals surface area contributed by atoms with Gasteiger partial charge in [0.1, 0.15) is 0 Å². The molecule has 3 saturated heterocycles. The summed E-state index contributed by atoms with van der Waals surface area (Å²) in [5, 5.41) is 9.41. The van der Waals surface area contributed by atoms with Gasteiger partial charge in [0, 0.05) is 38.7 Å². The number of rotatable bonds is 10. The van der Waals surface area contributed by atoms with Crippen LogP contribution in [0.5, 0.6) is 0 Å². The Labute approximate surface area is 219 Å². The first-order valence-corrected chi connectivity index (χ1v) is 14.3. The minimum atomic E-state index is -0.663. The molecule has 6 atom stereocenters. The maximum absolute atomic E-state index is 9.41. The van der Waals surface area contributed by atoms with Crippen molar-refractivity contribution in [3.8, 4) is 0 Å². The molecule has 7 heteroatoms. The molecule has 36 heavy (non-hydrogen) atoms. The lowest BCUT2D eigenvalue weighted by atomic mass is 9.83. The molecule has 3 rings (SSSR count). The minimum absolute atomic E-state index is 0.000105. The van der Waals surface area contributed by atoms with Crippen molar-refractivity contribution in [3.05, 3.63) is 0 Å². The van der Waals surface area contributed by atoms with E-state index in [0.717, 1.165) is 44.9 Å². The maximum Gasteiger partial charge on any atom is 0.163 e. The molecule has 0 spiro atoms. The monoisotopic (exact) mass is 514 g/mol. The van der Waals surface area contributed by atoms with Gasteiger partial charge in [0.25, 0.3) is 0 Å². The third-order valence-corrected chi connectivity index (χ3v) is 7.88. The molecule has 3 aliphatic heterocycles. The summed E-state index contributed by atoms with van der Waals surface area (Å²) in [5.74, 6) is -1.91. The molecular formula is C29H54O7. The summed E-state index contributed by atoms with van der Waals surface area (Å²) in [5.41, 5.74) is 0.333. The second-order valence-corrected chi connectivity index (χ2v) is 13.4. The Hall–Kier alpha value is -0.280. The highest BCUT2D eigenvalue weighted by Crippen LogP contribution is 2.39. The Kier molecular flexibility index (Phi) is 9.96. The van der Waals surface area contributed by atoms with Crippen LogP contribution < -0.4 is 0 Å². The average Bonchev–Trinajstić information content (AvgIpc) is 2.69. The second-order valence-electron chi connectivity index (χ2n) is 13.4. The van der Waals surface area contributed by atoms with Gasteiger partial charge in [0.15, 0.2) is 17.4 Å². The van der Waals surface area contributed by atoms with Crippen LogP contribution >= 0.6 is 0 Å². The highest BCUT2D eigenvalue weighted by atomic mass is 16.7. The molecule has 3 fully saturated rings. The largest absolute Gasteiger partial charge is 0.396 e. The van der Waals surface area contributed by atoms with Crippen LogP contribution in [0.25, 0.3) is 0 Å². The first-order chi connectivity index (χ1) is 16.6. The standard InChI is InChI=1S/C29H54O7/c1-10-26(2,3)13-11-20-15-22(33-27(4,5)31-20)17-24-19-25(36-29(8,9)35-24)18-23-16-21(12-14-30)32-28(6,7)34-23/h20-25,30H,10-19H2,1-9H3/t20-,21-,22+,23-,24+,25-/m1/s1. The maximum atomic E-state index is 9.41. The average molecular weight is 515 g/mol. The van der Waals surface area contributed by atoms with Crippen LogP contribution in [0.15, 0.2) is 0 Å². The predicted molar refractivity (Wildman–Crippen MR) is 140 cm³/mol. The molecule has 0 aromatic heterocycles. The molecule has 3 aliphatic rings. The van der Waals surface area contributed by atoms with Gasteiger partial charge in [-0.3, -0.25) is 0 Å². The zero-order valence-corrected chi connectivity index (χ0v) is 24.4. The summed E-state index contributed by atoms with van der Waals surface area (Å²) in [6, 6.07) is 0. The zero-order valence-electron chi connectivity index (χ0n) is 24.4. The van der Waals surface area contributed by atoms with Crippen molar-refractivity contribution in [3.63, 3.8) is 0 Å². The minimum Gasteiger partial charge on any atom is -0.396 e. The topological polar surface area (TPSA) is 75.6 Å². The van der Waals surface area contributed by atoms with E-state index < -0.39 is 17.4 Å². The lowest BCUT2D eigenvalue weighted by Gasteiger charge is -2.46. The molecule has 3 heterocycles. The van der Waals surface area contributed by atoms with Crippen molar-refractivity contribution in [1.82, 2.24) is 0 Å². The number of hydrogen-bond acceptors (Lipinski definition) is 7. The van der Waals surface area contributed by atoms with Crippen LogP contribution in [0.1, 0.15) is 120 Å². The zero-order chi connectivity index (χ0) is 26.8. The number of hydrogen-bond donors (Lipinski definition) is 1. The van der Waals surface area contributed by atoms with Crippen molar-refractivity contribution >= 4 is 0 Å². The highest BCUT2D eigenvalue weighted by Gasteiger charge is 2.43. The van der Waals surface area contributed by atoms with E-state index in [1.165, 1.54) is 6.42 Å². The van der Waals surface area contributed by atoms with Gasteiger partial charge in [0.2, 0.25) is 0 Å². The quantitative estimate of drug-likeness (QED) is 0.378. The summed E-state index contributed by atoms with van der Waals surface area (Å²) in [7, 11) is 0. The van der Waals surface area contributed by atoms with E-state index in [4.69, 9.17) is 28.4 Å². The Morgan fingerprint density at radius 3 is 1.31 bits per heavy atom. The molecule has 0 bridgehead atoms. The third-order valence-electron chi connectivity index (χ3n) is 7.88. The lowest BCUT2D eigenvalue weighted by molar-refractivity contribution is -0.335. The Morgan fingerprint density at radius 2 is 0.944 bits per heavy atom. The normalized spacial score (nSPS) is 36.5. The van der Waals surface area contributed by atoms with Gasteiger partial charge in [-0.15, -0.1) is 0 Å². The molecule has 7 nitrogen and oxygen atoms in total. The molecule has 1 N–H and O–H groups in total. The molecule has 0 saturated carbocycles. The SMILES string of the molecule is CCC(C)(C)CC[C@@H]1C[C@@H](C[C@H]2C[C@@H](C[C@H]3C[C@@H](CCO)OC(C)(C)O3)OC(C)(C)O2)OC(C)(C)O1. The Bertz CT molecular complexity index is 689. The molecule has 0 aromatic rings. The van der Waals surface area contributed by atoms with Gasteiger partial charge < -0.3 is 33.5 Å². The van der Waals surface area contributed by atoms with Crippen LogP contribution in [-0.4, -0.2) is 65.7 Å². The first-order valence-electron chi connectivity index (χ1n) is 14.3. The van der Waals surface area contributed by atoms with E-state index in [-0.39, 0.29) is 43.2 Å². The van der Waals surface area contributed by atoms with Crippen molar-refractivity contribution in [2.75, 3.05) is 6.61 Å². The summed E-state index contributed by atoms with van der Waals surface area (Å²) < 4.78 is 37.7. The van der Waals surface area contributed by atoms with Crippen LogP contribution in [-0.2, 0) is 28.4 Å². The molecule has 0 unspecified atom stereocenters. The molecular weight excluding hydrogens is 460 g/mol. The van der Waals surface area contributed by atoms with Gasteiger partial charge in [-0.2, -0.15) is 0 Å². The molecule has 0 amide bonds. The molecule has 0 aromatic carbocycles. The van der Waals surface area contributed by atoms with Crippen molar-refractivity contribution in [2.24, 2.45) is 5.41 Å². The fourth-order valence-electron chi connectivity index (χ4n) is 6.05. The van der Waals surface area contributed by atoms with Crippen LogP contribution in [0.3, 0.4) is 0 Å². The van der Waals surface area contributed by atoms with Crippen molar-refractivity contribution < 1.29 is 33.5 Å². The van der Waals surface area contributed by atoms with Gasteiger partial charge in [-0.05, 0) is 66.2 Å². The fraction of sp³-hybridized carbons (Fsp3) is 1.00. The summed E-state index contributed by atoms with van der Waals surface area (Å²) >= 11 is 0. The van der Waals surface area contributed by atoms with Gasteiger partial charge in [-0.25, -0.2) is 0 Å². The summed E-state index contributed by atoms with van der Waals surface area (Å²) in [4.78, 5) is 0. The lowest BCUT2D eigenvalue weighted by Crippen LogP contribution is -2.51. The number of ether oxygens (including phenoxy) is 6. The third kappa shape index (κ3) is 9.48. The van der Waals surface area contributed by atoms with E-state index in [9.17, 15) is 5.11 Å². The van der Waals surface area contributed by atoms with Crippen LogP contribution in [0.2, 0.25) is 0 Å². The molecule has 212 valence electrons. The fourth-order valence-corrected chi connectivity index (χ4v) is 6.05. The molecule has 0 radical (unpaired) electrons. The van der Waals surface area contributed by atoms with E-state index in [0.29, 0.717) is 11.8 Å². The summed E-state index contributed by atoms with van der Waals surface area (Å²) in [6.07, 6.45) is 8.49. The van der Waals surface area contributed by atoms with Crippen molar-refractivity contribution in [1.29, 1.82) is 0 Å². The van der Waals surface area contributed by atoms with Gasteiger partial charge >= 0.3 is 0 Å². The summed E-state index contributed by atoms with van der Waals surface area (Å²) in [6.45, 7) is 19.0. The van der Waals surface area contributed by atoms with Crippen molar-refractivity contribution in [2.45, 2.75) is 174 Å². The van der Waals surface area contributed by atoms with E-state index >= 15 is 0 Å². The second kappa shape index (κ2) is 11.8. The van der Waals surface area contributed by atoms with E-state index in [1.54, 1.807) is 0 Å². The smallest absolute Gasteiger partial charge is 0.163 e. The van der Waals surface area contributed by atoms with Crippen LogP contribution in [0.4, 0.5) is 0 Å². The number of aliphatic hydroxyl groups is 1. The van der Waals surface area contributed by atoms with E-state index in [2.05, 4.69) is 20.8 Å². The predicted octanol–water partition coefficient (Wildman–Crippen LogP) is 6.10.